The zero-order valence-corrected chi connectivity index (χ0v) is 10.6. The summed E-state index contributed by atoms with van der Waals surface area (Å²) in [7, 11) is 0. The molecule has 0 aromatic carbocycles. The van der Waals surface area contributed by atoms with Gasteiger partial charge in [-0.15, -0.1) is 0 Å². The van der Waals surface area contributed by atoms with Gasteiger partial charge in [0.15, 0.2) is 5.78 Å². The summed E-state index contributed by atoms with van der Waals surface area (Å²) in [6, 6.07) is 0. The largest absolute Gasteiger partial charge is 0.294 e. The summed E-state index contributed by atoms with van der Waals surface area (Å²) >= 11 is 0. The molecule has 0 heterocycles. The second kappa shape index (κ2) is 2.75. The third-order valence-corrected chi connectivity index (χ3v) is 4.72. The molecule has 2 rings (SSSR count). The van der Waals surface area contributed by atoms with Crippen molar-refractivity contribution in [3.05, 3.63) is 11.6 Å². The number of rotatable bonds is 0. The second-order valence-electron chi connectivity index (χ2n) is 6.80. The number of allylic oxidation sites excluding steroid dienone is 2. The smallest absolute Gasteiger partial charge is 0.164 e. The van der Waals surface area contributed by atoms with E-state index in [0.29, 0.717) is 5.78 Å². The highest BCUT2D eigenvalue weighted by atomic mass is 16.1. The Hall–Kier alpha value is -0.590. The fraction of sp³-hybridized carbons (Fsp3) is 0.786. The molecule has 0 aliphatic heterocycles. The van der Waals surface area contributed by atoms with E-state index in [9.17, 15) is 4.79 Å². The van der Waals surface area contributed by atoms with Gasteiger partial charge in [-0.05, 0) is 42.6 Å². The summed E-state index contributed by atoms with van der Waals surface area (Å²) < 4.78 is 0. The number of hydrogen-bond donors (Lipinski definition) is 0. The summed E-state index contributed by atoms with van der Waals surface area (Å²) in [6.45, 7) is 11.1. The first-order chi connectivity index (χ1) is 6.70. The van der Waals surface area contributed by atoms with Crippen molar-refractivity contribution in [1.29, 1.82) is 0 Å². The Bertz CT molecular complexity index is 345. The highest BCUT2D eigenvalue weighted by Gasteiger charge is 2.56. The summed E-state index contributed by atoms with van der Waals surface area (Å²) in [4.78, 5) is 12.1. The van der Waals surface area contributed by atoms with Crippen molar-refractivity contribution in [3.63, 3.8) is 0 Å². The third-order valence-electron chi connectivity index (χ3n) is 4.72. The minimum absolute atomic E-state index is 0.0634. The van der Waals surface area contributed by atoms with E-state index in [1.807, 2.05) is 6.92 Å². The molecule has 1 heteroatoms. The van der Waals surface area contributed by atoms with E-state index in [4.69, 9.17) is 0 Å². The van der Waals surface area contributed by atoms with Crippen molar-refractivity contribution in [1.82, 2.24) is 0 Å². The molecule has 0 aromatic rings. The Kier molecular flexibility index (Phi) is 2.00. The summed E-state index contributed by atoms with van der Waals surface area (Å²) in [5, 5.41) is 0. The predicted molar refractivity (Wildman–Crippen MR) is 62.6 cm³/mol. The zero-order valence-electron chi connectivity index (χ0n) is 10.6. The van der Waals surface area contributed by atoms with Crippen LogP contribution in [0.2, 0.25) is 0 Å². The fourth-order valence-electron chi connectivity index (χ4n) is 3.50. The predicted octanol–water partition coefficient (Wildman–Crippen LogP) is 3.74. The van der Waals surface area contributed by atoms with Crippen LogP contribution < -0.4 is 0 Å². The van der Waals surface area contributed by atoms with Gasteiger partial charge in [0.1, 0.15) is 0 Å². The first kappa shape index (κ1) is 10.9. The van der Waals surface area contributed by atoms with Gasteiger partial charge in [0.2, 0.25) is 0 Å². The lowest BCUT2D eigenvalue weighted by Gasteiger charge is -2.44. The van der Waals surface area contributed by atoms with Crippen LogP contribution in [0, 0.1) is 16.2 Å². The molecule has 2 aliphatic carbocycles. The monoisotopic (exact) mass is 206 g/mol. The van der Waals surface area contributed by atoms with E-state index in [0.717, 1.165) is 18.4 Å². The van der Waals surface area contributed by atoms with Gasteiger partial charge in [0.25, 0.3) is 0 Å². The van der Waals surface area contributed by atoms with E-state index in [2.05, 4.69) is 33.8 Å². The lowest BCUT2D eigenvalue weighted by Crippen LogP contribution is -2.39. The molecule has 0 saturated heterocycles. The Labute approximate surface area is 92.9 Å². The molecule has 1 fully saturated rings. The van der Waals surface area contributed by atoms with Gasteiger partial charge >= 0.3 is 0 Å². The van der Waals surface area contributed by atoms with Gasteiger partial charge in [0.05, 0.1) is 0 Å². The van der Waals surface area contributed by atoms with Gasteiger partial charge < -0.3 is 0 Å². The summed E-state index contributed by atoms with van der Waals surface area (Å²) in [5.74, 6) is 0.389. The van der Waals surface area contributed by atoms with Crippen molar-refractivity contribution < 1.29 is 4.79 Å². The van der Waals surface area contributed by atoms with Gasteiger partial charge in [0, 0.05) is 5.41 Å². The second-order valence-corrected chi connectivity index (χ2v) is 6.80. The van der Waals surface area contributed by atoms with Crippen molar-refractivity contribution in [2.75, 3.05) is 0 Å². The van der Waals surface area contributed by atoms with Gasteiger partial charge in [-0.25, -0.2) is 0 Å². The first-order valence-electron chi connectivity index (χ1n) is 5.95. The van der Waals surface area contributed by atoms with Gasteiger partial charge in [-0.3, -0.25) is 4.79 Å². The van der Waals surface area contributed by atoms with Crippen molar-refractivity contribution >= 4 is 5.78 Å². The number of fused-ring (bicyclic) bond motifs is 2. The molecule has 84 valence electrons. The molecule has 0 radical (unpaired) electrons. The molecule has 2 bridgehead atoms. The Morgan fingerprint density at radius 1 is 1.27 bits per heavy atom. The minimum atomic E-state index is -0.0634. The first-order valence-corrected chi connectivity index (χ1v) is 5.95. The van der Waals surface area contributed by atoms with E-state index in [1.165, 1.54) is 6.42 Å². The maximum atomic E-state index is 12.1. The van der Waals surface area contributed by atoms with Gasteiger partial charge in [-0.2, -0.15) is 0 Å². The molecule has 0 spiro atoms. The Morgan fingerprint density at radius 2 is 1.87 bits per heavy atom. The molecule has 0 N–H and O–H groups in total. The Balaban J connectivity index is 2.52. The summed E-state index contributed by atoms with van der Waals surface area (Å²) in [6.07, 6.45) is 5.57. The number of ketones is 1. The van der Waals surface area contributed by atoms with Crippen molar-refractivity contribution in [2.45, 2.75) is 53.9 Å². The molecule has 15 heavy (non-hydrogen) atoms. The molecule has 1 saturated carbocycles. The van der Waals surface area contributed by atoms with Crippen LogP contribution in [0.3, 0.4) is 0 Å². The zero-order chi connectivity index (χ0) is 11.5. The van der Waals surface area contributed by atoms with E-state index in [1.54, 1.807) is 0 Å². The maximum absolute atomic E-state index is 12.1. The lowest BCUT2D eigenvalue weighted by molar-refractivity contribution is -0.125. The number of carbonyl (C=O) groups is 1. The normalized spacial score (nSPS) is 40.6. The van der Waals surface area contributed by atoms with Crippen molar-refractivity contribution in [2.24, 2.45) is 16.2 Å². The molecule has 0 amide bonds. The van der Waals surface area contributed by atoms with Crippen LogP contribution in [-0.2, 0) is 4.79 Å². The van der Waals surface area contributed by atoms with E-state index < -0.39 is 0 Å². The molecule has 0 unspecified atom stereocenters. The third kappa shape index (κ3) is 1.32. The van der Waals surface area contributed by atoms with Crippen LogP contribution in [0.5, 0.6) is 0 Å². The highest BCUT2D eigenvalue weighted by molar-refractivity contribution is 6.00. The van der Waals surface area contributed by atoms with Crippen LogP contribution in [0.15, 0.2) is 11.6 Å². The van der Waals surface area contributed by atoms with Crippen LogP contribution in [0.25, 0.3) is 0 Å². The SMILES string of the molecule is CC1=C[C@@]2(C(C)(C)C)CC[C@](C)(C2)C1=O. The number of Topliss-reactive ketones (excluding diaryl/α,β-unsaturated/α-hetero) is 1. The maximum Gasteiger partial charge on any atom is 0.164 e. The van der Waals surface area contributed by atoms with Gasteiger partial charge in [-0.1, -0.05) is 33.8 Å². The van der Waals surface area contributed by atoms with Crippen LogP contribution in [-0.4, -0.2) is 5.78 Å². The lowest BCUT2D eigenvalue weighted by atomic mass is 9.60. The van der Waals surface area contributed by atoms with Crippen molar-refractivity contribution in [3.8, 4) is 0 Å². The number of carbonyl (C=O) groups excluding carboxylic acids is 1. The molecule has 2 atom stereocenters. The number of hydrogen-bond acceptors (Lipinski definition) is 1. The molecular weight excluding hydrogens is 184 g/mol. The molecule has 1 nitrogen and oxygen atoms in total. The molecule has 2 aliphatic rings. The van der Waals surface area contributed by atoms with Crippen LogP contribution >= 0.6 is 0 Å². The summed E-state index contributed by atoms with van der Waals surface area (Å²) in [5.41, 5.74) is 1.47. The highest BCUT2D eigenvalue weighted by Crippen LogP contribution is 2.62. The quantitative estimate of drug-likeness (QED) is 0.590. The topological polar surface area (TPSA) is 17.1 Å². The van der Waals surface area contributed by atoms with Crippen LogP contribution in [0.4, 0.5) is 0 Å². The molecular formula is C14H22O. The molecule has 0 aromatic heterocycles. The van der Waals surface area contributed by atoms with E-state index >= 15 is 0 Å². The standard InChI is InChI=1S/C14H22O/c1-10-8-14(12(2,3)4)7-6-13(5,9-14)11(10)15/h8H,6-7,9H2,1-5H3/t13-,14+/m1/s1. The van der Waals surface area contributed by atoms with Crippen LogP contribution in [0.1, 0.15) is 53.9 Å². The fourth-order valence-corrected chi connectivity index (χ4v) is 3.50. The minimum Gasteiger partial charge on any atom is -0.294 e. The average Bonchev–Trinajstić information content (AvgIpc) is 2.39. The average molecular weight is 206 g/mol. The van der Waals surface area contributed by atoms with E-state index in [-0.39, 0.29) is 16.2 Å². The Morgan fingerprint density at radius 3 is 2.40 bits per heavy atom.